The van der Waals surface area contributed by atoms with Crippen molar-refractivity contribution in [3.05, 3.63) is 88.7 Å². The molecule has 4 aromatic rings. The second kappa shape index (κ2) is 8.54. The van der Waals surface area contributed by atoms with Crippen molar-refractivity contribution >= 4 is 44.6 Å². The number of benzene rings is 2. The Hall–Kier alpha value is -3.20. The lowest BCUT2D eigenvalue weighted by Gasteiger charge is -2.10. The van der Waals surface area contributed by atoms with Gasteiger partial charge in [-0.1, -0.05) is 23.7 Å². The van der Waals surface area contributed by atoms with E-state index in [0.29, 0.717) is 17.3 Å². The molecule has 1 aliphatic rings. The maximum atomic E-state index is 12.8. The highest BCUT2D eigenvalue weighted by Crippen LogP contribution is 2.37. The molecule has 9 heteroatoms. The molecule has 5 rings (SSSR count). The van der Waals surface area contributed by atoms with Crippen molar-refractivity contribution < 1.29 is 13.2 Å². The fourth-order valence-corrected chi connectivity index (χ4v) is 6.14. The third-order valence-electron chi connectivity index (χ3n) is 5.71. The van der Waals surface area contributed by atoms with Gasteiger partial charge in [-0.05, 0) is 66.1 Å². The van der Waals surface area contributed by atoms with Crippen LogP contribution in [0, 0.1) is 6.92 Å². The molecule has 0 fully saturated rings. The molecule has 0 radical (unpaired) electrons. The summed E-state index contributed by atoms with van der Waals surface area (Å²) in [6.07, 6.45) is 3.17. The van der Waals surface area contributed by atoms with Crippen LogP contribution in [0.2, 0.25) is 5.02 Å². The second-order valence-electron chi connectivity index (χ2n) is 8.18. The van der Waals surface area contributed by atoms with Gasteiger partial charge in [-0.3, -0.25) is 14.5 Å². The lowest BCUT2D eigenvalue weighted by molar-refractivity contribution is 0.0816. The Kier molecular flexibility index (Phi) is 5.67. The van der Waals surface area contributed by atoms with Crippen LogP contribution in [0.15, 0.2) is 71.9 Å². The van der Waals surface area contributed by atoms with E-state index in [0.717, 1.165) is 37.6 Å². The Morgan fingerprint density at radius 1 is 1.00 bits per heavy atom. The summed E-state index contributed by atoms with van der Waals surface area (Å²) in [6, 6.07) is 16.3. The van der Waals surface area contributed by atoms with Crippen LogP contribution in [-0.4, -0.2) is 31.3 Å². The summed E-state index contributed by atoms with van der Waals surface area (Å²) in [7, 11) is -2.01. The number of hydrogen-bond donors (Lipinski definition) is 1. The van der Waals surface area contributed by atoms with Gasteiger partial charge >= 0.3 is 0 Å². The van der Waals surface area contributed by atoms with Crippen LogP contribution in [0.4, 0.5) is 5.69 Å². The molecule has 3 heterocycles. The number of rotatable bonds is 5. The number of thiophene rings is 1. The zero-order chi connectivity index (χ0) is 24.0. The quantitative estimate of drug-likeness (QED) is 0.367. The normalized spacial score (nSPS) is 13.3. The number of anilines is 1. The highest BCUT2D eigenvalue weighted by atomic mass is 35.5. The molecule has 2 aromatic heterocycles. The van der Waals surface area contributed by atoms with Gasteiger partial charge in [0.15, 0.2) is 0 Å². The summed E-state index contributed by atoms with van der Waals surface area (Å²) in [4.78, 5) is 20.2. The van der Waals surface area contributed by atoms with Gasteiger partial charge in [0, 0.05) is 45.7 Å². The minimum absolute atomic E-state index is 0.0478. The van der Waals surface area contributed by atoms with E-state index >= 15 is 0 Å². The van der Waals surface area contributed by atoms with E-state index in [1.807, 2.05) is 31.2 Å². The molecule has 1 N–H and O–H groups in total. The summed E-state index contributed by atoms with van der Waals surface area (Å²) >= 11 is 7.68. The van der Waals surface area contributed by atoms with Crippen molar-refractivity contribution in [1.82, 2.24) is 9.88 Å². The van der Waals surface area contributed by atoms with Crippen LogP contribution < -0.4 is 4.72 Å². The predicted octanol–water partition coefficient (Wildman–Crippen LogP) is 5.83. The summed E-state index contributed by atoms with van der Waals surface area (Å²) in [5.41, 5.74) is 4.79. The second-order valence-corrected chi connectivity index (χ2v) is 11.3. The third kappa shape index (κ3) is 4.20. The van der Waals surface area contributed by atoms with Gasteiger partial charge in [-0.2, -0.15) is 0 Å². The molecular weight excluding hydrogens is 490 g/mol. The number of nitrogens with one attached hydrogen (secondary N) is 1. The maximum absolute atomic E-state index is 12.8. The van der Waals surface area contributed by atoms with E-state index in [9.17, 15) is 13.2 Å². The molecule has 1 amide bonds. The maximum Gasteiger partial charge on any atom is 0.261 e. The predicted molar refractivity (Wildman–Crippen MR) is 136 cm³/mol. The highest BCUT2D eigenvalue weighted by Gasteiger charge is 2.24. The van der Waals surface area contributed by atoms with Crippen molar-refractivity contribution in [2.45, 2.75) is 18.4 Å². The van der Waals surface area contributed by atoms with Gasteiger partial charge in [0.05, 0.1) is 16.8 Å². The SMILES string of the molecule is Cc1ccc(S(=O)(=O)Nc2cncc(-c3ccc(-c4ccc5c(c4)CN(C)C5=O)s3)c2)cc1Cl. The van der Waals surface area contributed by atoms with Crippen LogP contribution >= 0.6 is 22.9 Å². The number of carbonyl (C=O) groups is 1. The number of amides is 1. The van der Waals surface area contributed by atoms with E-state index in [1.54, 1.807) is 41.6 Å². The minimum atomic E-state index is -3.81. The molecule has 0 atom stereocenters. The Morgan fingerprint density at radius 3 is 2.53 bits per heavy atom. The molecule has 0 saturated heterocycles. The van der Waals surface area contributed by atoms with E-state index in [1.165, 1.54) is 18.3 Å². The molecule has 0 aliphatic carbocycles. The summed E-state index contributed by atoms with van der Waals surface area (Å²) in [5, 5.41) is 0.392. The summed E-state index contributed by atoms with van der Waals surface area (Å²) < 4.78 is 28.2. The molecule has 1 aliphatic heterocycles. The largest absolute Gasteiger partial charge is 0.337 e. The number of halogens is 1. The number of hydrogen-bond acceptors (Lipinski definition) is 5. The number of sulfonamides is 1. The first-order valence-electron chi connectivity index (χ1n) is 10.4. The van der Waals surface area contributed by atoms with Crippen LogP contribution in [0.5, 0.6) is 0 Å². The van der Waals surface area contributed by atoms with Crippen molar-refractivity contribution in [3.8, 4) is 20.9 Å². The van der Waals surface area contributed by atoms with Crippen molar-refractivity contribution in [2.75, 3.05) is 11.8 Å². The average molecular weight is 510 g/mol. The molecule has 6 nitrogen and oxygen atoms in total. The fraction of sp³-hybridized carbons (Fsp3) is 0.120. The van der Waals surface area contributed by atoms with Crippen molar-refractivity contribution in [1.29, 1.82) is 0 Å². The van der Waals surface area contributed by atoms with E-state index < -0.39 is 10.0 Å². The van der Waals surface area contributed by atoms with Gasteiger partial charge in [-0.15, -0.1) is 11.3 Å². The van der Waals surface area contributed by atoms with Gasteiger partial charge < -0.3 is 4.90 Å². The van der Waals surface area contributed by atoms with E-state index in [-0.39, 0.29) is 10.8 Å². The Morgan fingerprint density at radius 2 is 1.76 bits per heavy atom. The fourth-order valence-electron chi connectivity index (χ4n) is 3.85. The smallest absolute Gasteiger partial charge is 0.261 e. The van der Waals surface area contributed by atoms with Crippen LogP contribution in [0.1, 0.15) is 21.5 Å². The molecule has 172 valence electrons. The zero-order valence-electron chi connectivity index (χ0n) is 18.4. The van der Waals surface area contributed by atoms with Gasteiger partial charge in [0.1, 0.15) is 0 Å². The number of fused-ring (bicyclic) bond motifs is 1. The first-order valence-corrected chi connectivity index (χ1v) is 13.1. The minimum Gasteiger partial charge on any atom is -0.337 e. The van der Waals surface area contributed by atoms with Gasteiger partial charge in [0.2, 0.25) is 0 Å². The first kappa shape index (κ1) is 22.6. The first-order chi connectivity index (χ1) is 16.2. The number of nitrogens with zero attached hydrogens (tertiary/aromatic N) is 2. The molecule has 0 saturated carbocycles. The van der Waals surface area contributed by atoms with Crippen LogP contribution in [-0.2, 0) is 16.6 Å². The summed E-state index contributed by atoms with van der Waals surface area (Å²) in [6.45, 7) is 2.42. The topological polar surface area (TPSA) is 79.4 Å². The standard InChI is InChI=1S/C25H20ClN3O3S2/c1-15-3-5-20(11-22(15)26)34(31,32)28-19-10-17(12-27-13-19)24-8-7-23(33-24)16-4-6-21-18(9-16)14-29(2)25(21)30/h3-13,28H,14H2,1-2H3. The van der Waals surface area contributed by atoms with E-state index in [2.05, 4.69) is 15.8 Å². The molecule has 0 bridgehead atoms. The molecule has 0 spiro atoms. The number of aryl methyl sites for hydroxylation is 1. The number of carbonyl (C=O) groups excluding carboxylic acids is 1. The average Bonchev–Trinajstić information content (AvgIpc) is 3.40. The van der Waals surface area contributed by atoms with Gasteiger partial charge in [0.25, 0.3) is 15.9 Å². The van der Waals surface area contributed by atoms with Gasteiger partial charge in [-0.25, -0.2) is 8.42 Å². The molecule has 2 aromatic carbocycles. The van der Waals surface area contributed by atoms with Crippen LogP contribution in [0.25, 0.3) is 20.9 Å². The Labute approximate surface area is 206 Å². The highest BCUT2D eigenvalue weighted by molar-refractivity contribution is 7.92. The summed E-state index contributed by atoms with van der Waals surface area (Å²) in [5.74, 6) is 0.0478. The van der Waals surface area contributed by atoms with E-state index in [4.69, 9.17) is 11.6 Å². The third-order valence-corrected chi connectivity index (χ3v) is 8.68. The number of pyridine rings is 1. The van der Waals surface area contributed by atoms with Crippen molar-refractivity contribution in [3.63, 3.8) is 0 Å². The lowest BCUT2D eigenvalue weighted by atomic mass is 10.1. The Bertz CT molecular complexity index is 1550. The molecule has 0 unspecified atom stereocenters. The zero-order valence-corrected chi connectivity index (χ0v) is 20.8. The van der Waals surface area contributed by atoms with Crippen LogP contribution in [0.3, 0.4) is 0 Å². The molecular formula is C25H20ClN3O3S2. The Balaban J connectivity index is 1.40. The number of aromatic nitrogens is 1. The van der Waals surface area contributed by atoms with Crippen molar-refractivity contribution in [2.24, 2.45) is 0 Å². The molecule has 34 heavy (non-hydrogen) atoms. The lowest BCUT2D eigenvalue weighted by Crippen LogP contribution is -2.17. The monoisotopic (exact) mass is 509 g/mol.